The highest BCUT2D eigenvalue weighted by atomic mass is 16.2. The second-order valence-electron chi connectivity index (χ2n) is 7.77. The molecule has 1 aromatic carbocycles. The van der Waals surface area contributed by atoms with Crippen molar-refractivity contribution in [3.05, 3.63) is 88.5 Å². The first-order valence-electron chi connectivity index (χ1n) is 10.6. The molecule has 0 atom stereocenters. The normalized spacial score (nSPS) is 10.6. The minimum Gasteiger partial charge on any atom is -0.340 e. The zero-order chi connectivity index (χ0) is 24.1. The van der Waals surface area contributed by atoms with Crippen LogP contribution < -0.4 is 21.5 Å². The number of aryl methyl sites for hydroxylation is 2. The summed E-state index contributed by atoms with van der Waals surface area (Å²) in [6.07, 6.45) is 4.57. The van der Waals surface area contributed by atoms with Crippen LogP contribution in [-0.2, 0) is 11.3 Å². The van der Waals surface area contributed by atoms with Gasteiger partial charge in [-0.05, 0) is 62.7 Å². The fraction of sp³-hybridized carbons (Fsp3) is 0.167. The summed E-state index contributed by atoms with van der Waals surface area (Å²) in [7, 11) is 0. The van der Waals surface area contributed by atoms with E-state index in [0.29, 0.717) is 34.4 Å². The van der Waals surface area contributed by atoms with E-state index in [4.69, 9.17) is 0 Å². The molecule has 3 heterocycles. The highest BCUT2D eigenvalue weighted by Gasteiger charge is 2.09. The van der Waals surface area contributed by atoms with Gasteiger partial charge in [-0.25, -0.2) is 19.9 Å². The van der Waals surface area contributed by atoms with Crippen molar-refractivity contribution in [3.63, 3.8) is 0 Å². The summed E-state index contributed by atoms with van der Waals surface area (Å²) in [4.78, 5) is 41.5. The highest BCUT2D eigenvalue weighted by molar-refractivity contribution is 5.90. The summed E-state index contributed by atoms with van der Waals surface area (Å²) in [6, 6.07) is 12.8. The molecule has 0 saturated carbocycles. The number of anilines is 5. The summed E-state index contributed by atoms with van der Waals surface area (Å²) in [5.74, 6) is 1.59. The number of benzene rings is 1. The molecular formula is C24H24N8O2. The predicted octanol–water partition coefficient (Wildman–Crippen LogP) is 3.48. The van der Waals surface area contributed by atoms with Crippen LogP contribution in [0.2, 0.25) is 0 Å². The lowest BCUT2D eigenvalue weighted by Crippen LogP contribution is -2.29. The average molecular weight is 457 g/mol. The number of hydrogen-bond donors (Lipinski definition) is 3. The third-order valence-corrected chi connectivity index (χ3v) is 5.11. The Morgan fingerprint density at radius 2 is 1.53 bits per heavy atom. The van der Waals surface area contributed by atoms with Crippen LogP contribution in [0.5, 0.6) is 0 Å². The number of hydrogen-bond acceptors (Lipinski definition) is 8. The fourth-order valence-electron chi connectivity index (χ4n) is 3.16. The molecule has 3 N–H and O–H groups in total. The monoisotopic (exact) mass is 456 g/mol. The number of carbonyl (C=O) groups excluding carboxylic acids is 1. The van der Waals surface area contributed by atoms with Crippen LogP contribution in [0.25, 0.3) is 0 Å². The molecule has 0 saturated heterocycles. The van der Waals surface area contributed by atoms with Crippen LogP contribution in [0.3, 0.4) is 0 Å². The summed E-state index contributed by atoms with van der Waals surface area (Å²) < 4.78 is 1.29. The molecule has 1 amide bonds. The number of carbonyl (C=O) groups is 1. The van der Waals surface area contributed by atoms with E-state index in [1.54, 1.807) is 38.2 Å². The molecule has 0 aliphatic rings. The zero-order valence-corrected chi connectivity index (χ0v) is 19.0. The summed E-state index contributed by atoms with van der Waals surface area (Å²) in [6.45, 7) is 5.34. The number of rotatable bonds is 7. The number of nitrogens with one attached hydrogen (secondary N) is 3. The number of amides is 1. The van der Waals surface area contributed by atoms with Crippen molar-refractivity contribution in [3.8, 4) is 0 Å². The van der Waals surface area contributed by atoms with Crippen molar-refractivity contribution < 1.29 is 4.79 Å². The van der Waals surface area contributed by atoms with Gasteiger partial charge >= 0.3 is 0 Å². The summed E-state index contributed by atoms with van der Waals surface area (Å²) >= 11 is 0. The lowest BCUT2D eigenvalue weighted by atomic mass is 10.2. The van der Waals surface area contributed by atoms with E-state index in [0.717, 1.165) is 11.3 Å². The van der Waals surface area contributed by atoms with Crippen LogP contribution in [0.15, 0.2) is 66.1 Å². The van der Waals surface area contributed by atoms with E-state index in [2.05, 4.69) is 35.9 Å². The molecule has 34 heavy (non-hydrogen) atoms. The maximum absolute atomic E-state index is 12.4. The first-order chi connectivity index (χ1) is 16.4. The Morgan fingerprint density at radius 3 is 2.26 bits per heavy atom. The third kappa shape index (κ3) is 5.60. The molecule has 4 aromatic rings. The molecule has 0 bridgehead atoms. The van der Waals surface area contributed by atoms with Gasteiger partial charge in [0.2, 0.25) is 5.91 Å². The molecule has 0 aliphatic heterocycles. The molecule has 0 fully saturated rings. The van der Waals surface area contributed by atoms with E-state index in [1.165, 1.54) is 17.2 Å². The van der Waals surface area contributed by atoms with Crippen molar-refractivity contribution in [1.82, 2.24) is 24.5 Å². The predicted molar refractivity (Wildman–Crippen MR) is 131 cm³/mol. The van der Waals surface area contributed by atoms with Crippen LogP contribution in [0, 0.1) is 20.8 Å². The minimum atomic E-state index is -0.316. The van der Waals surface area contributed by atoms with Gasteiger partial charge in [0.1, 0.15) is 30.3 Å². The molecule has 3 aromatic heterocycles. The summed E-state index contributed by atoms with van der Waals surface area (Å²) in [5, 5.41) is 9.14. The van der Waals surface area contributed by atoms with Gasteiger partial charge in [-0.3, -0.25) is 14.2 Å². The van der Waals surface area contributed by atoms with Crippen molar-refractivity contribution in [2.24, 2.45) is 0 Å². The molecule has 0 unspecified atom stereocenters. The molecule has 10 heteroatoms. The fourth-order valence-corrected chi connectivity index (χ4v) is 3.16. The van der Waals surface area contributed by atoms with Gasteiger partial charge < -0.3 is 16.0 Å². The van der Waals surface area contributed by atoms with E-state index in [9.17, 15) is 9.59 Å². The average Bonchev–Trinajstić information content (AvgIpc) is 2.81. The van der Waals surface area contributed by atoms with E-state index in [-0.39, 0.29) is 18.0 Å². The third-order valence-electron chi connectivity index (χ3n) is 5.11. The van der Waals surface area contributed by atoms with Crippen LogP contribution in [0.4, 0.5) is 28.8 Å². The van der Waals surface area contributed by atoms with Crippen molar-refractivity contribution in [1.29, 1.82) is 0 Å². The van der Waals surface area contributed by atoms with Gasteiger partial charge in [-0.2, -0.15) is 0 Å². The Labute approximate surface area is 196 Å². The molecule has 0 aliphatic carbocycles. The first kappa shape index (κ1) is 22.6. The standard InChI is InChI=1S/C24H24N8O2/c1-15-8-9-25-20(10-15)31-22-11-21(26-13-27-22)29-18-4-6-19(7-5-18)30-23(33)12-32-14-28-17(3)16(2)24(32)34/h4-11,13-14H,12H2,1-3H3,(H,30,33)(H2,25,26,27,29,31). The second kappa shape index (κ2) is 9.90. The molecule has 172 valence electrons. The Bertz CT molecular complexity index is 1380. The van der Waals surface area contributed by atoms with Gasteiger partial charge in [0, 0.05) is 34.9 Å². The Morgan fingerprint density at radius 1 is 0.853 bits per heavy atom. The SMILES string of the molecule is Cc1ccnc(Nc2cc(Nc3ccc(NC(=O)Cn4cnc(C)c(C)c4=O)cc3)ncn2)c1. The highest BCUT2D eigenvalue weighted by Crippen LogP contribution is 2.20. The molecule has 0 radical (unpaired) electrons. The van der Waals surface area contributed by atoms with Gasteiger partial charge in [0.05, 0.1) is 6.33 Å². The lowest BCUT2D eigenvalue weighted by Gasteiger charge is -2.11. The Hall–Kier alpha value is -4.60. The molecular weight excluding hydrogens is 432 g/mol. The number of aromatic nitrogens is 5. The minimum absolute atomic E-state index is 0.112. The van der Waals surface area contributed by atoms with Crippen LogP contribution in [0.1, 0.15) is 16.8 Å². The molecule has 0 spiro atoms. The van der Waals surface area contributed by atoms with Crippen LogP contribution in [-0.4, -0.2) is 30.4 Å². The summed E-state index contributed by atoms with van der Waals surface area (Å²) in [5.41, 5.74) is 3.45. The largest absolute Gasteiger partial charge is 0.340 e. The van der Waals surface area contributed by atoms with E-state index in [1.807, 2.05) is 31.2 Å². The molecule has 4 rings (SSSR count). The Kier molecular flexibility index (Phi) is 6.58. The van der Waals surface area contributed by atoms with Gasteiger partial charge in [0.15, 0.2) is 0 Å². The topological polar surface area (TPSA) is 127 Å². The number of nitrogens with zero attached hydrogens (tertiary/aromatic N) is 5. The second-order valence-corrected chi connectivity index (χ2v) is 7.77. The quantitative estimate of drug-likeness (QED) is 0.386. The smallest absolute Gasteiger partial charge is 0.256 e. The van der Waals surface area contributed by atoms with Gasteiger partial charge in [-0.1, -0.05) is 0 Å². The zero-order valence-electron chi connectivity index (χ0n) is 19.0. The molecule has 10 nitrogen and oxygen atoms in total. The number of pyridine rings is 1. The van der Waals surface area contributed by atoms with E-state index < -0.39 is 0 Å². The van der Waals surface area contributed by atoms with Crippen molar-refractivity contribution >= 4 is 34.7 Å². The van der Waals surface area contributed by atoms with Crippen molar-refractivity contribution in [2.45, 2.75) is 27.3 Å². The van der Waals surface area contributed by atoms with Gasteiger partial charge in [0.25, 0.3) is 5.56 Å². The van der Waals surface area contributed by atoms with Crippen LogP contribution >= 0.6 is 0 Å². The Balaban J connectivity index is 1.37. The van der Waals surface area contributed by atoms with E-state index >= 15 is 0 Å². The first-order valence-corrected chi connectivity index (χ1v) is 10.6. The lowest BCUT2D eigenvalue weighted by molar-refractivity contribution is -0.116. The van der Waals surface area contributed by atoms with Crippen molar-refractivity contribution in [2.75, 3.05) is 16.0 Å². The maximum Gasteiger partial charge on any atom is 0.256 e. The van der Waals surface area contributed by atoms with Gasteiger partial charge in [-0.15, -0.1) is 0 Å². The maximum atomic E-state index is 12.4.